The number of esters is 1. The fraction of sp³-hybridized carbons (Fsp3) is 0.429. The maximum absolute atomic E-state index is 11.9. The Bertz CT molecular complexity index is 662. The smallest absolute Gasteiger partial charge is 0.331 e. The molecule has 0 bridgehead atoms. The third-order valence-electron chi connectivity index (χ3n) is 3.41. The largest absolute Gasteiger partial charge is 0.465 e. The summed E-state index contributed by atoms with van der Waals surface area (Å²) in [4.78, 5) is 24.7. The first kappa shape index (κ1) is 16.3. The highest BCUT2D eigenvalue weighted by Gasteiger charge is 2.32. The molecule has 0 aliphatic carbocycles. The van der Waals surface area contributed by atoms with Gasteiger partial charge in [-0.1, -0.05) is 0 Å². The Balaban J connectivity index is 1.78. The van der Waals surface area contributed by atoms with Gasteiger partial charge in [0.25, 0.3) is 5.91 Å². The maximum atomic E-state index is 11.9. The number of sulfone groups is 1. The summed E-state index contributed by atoms with van der Waals surface area (Å²) in [5, 5.41) is 0. The zero-order chi connectivity index (χ0) is 16.2. The molecule has 2 rings (SSSR count). The quantitative estimate of drug-likeness (QED) is 0.577. The van der Waals surface area contributed by atoms with Gasteiger partial charge < -0.3 is 14.1 Å². The Morgan fingerprint density at radius 2 is 2.27 bits per heavy atom. The van der Waals surface area contributed by atoms with Gasteiger partial charge in [-0.25, -0.2) is 13.2 Å². The van der Waals surface area contributed by atoms with Gasteiger partial charge in [0.05, 0.1) is 17.8 Å². The number of furan rings is 1. The van der Waals surface area contributed by atoms with E-state index in [0.29, 0.717) is 12.2 Å². The molecule has 0 unspecified atom stereocenters. The first-order valence-corrected chi connectivity index (χ1v) is 8.54. The summed E-state index contributed by atoms with van der Waals surface area (Å²) < 4.78 is 32.6. The zero-order valence-corrected chi connectivity index (χ0v) is 12.9. The van der Waals surface area contributed by atoms with Crippen molar-refractivity contribution >= 4 is 27.8 Å². The van der Waals surface area contributed by atoms with Crippen LogP contribution in [-0.2, 0) is 24.2 Å². The summed E-state index contributed by atoms with van der Waals surface area (Å²) in [5.74, 6) is -0.557. The predicted molar refractivity (Wildman–Crippen MR) is 78.5 cm³/mol. The molecular weight excluding hydrogens is 310 g/mol. The normalized spacial score (nSPS) is 20.1. The van der Waals surface area contributed by atoms with Gasteiger partial charge in [-0.05, 0) is 24.6 Å². The van der Waals surface area contributed by atoms with Crippen molar-refractivity contribution < 1.29 is 27.2 Å². The van der Waals surface area contributed by atoms with E-state index >= 15 is 0 Å². The second-order valence-electron chi connectivity index (χ2n) is 5.02. The van der Waals surface area contributed by atoms with Crippen LogP contribution >= 0.6 is 0 Å². The molecule has 1 aliphatic heterocycles. The van der Waals surface area contributed by atoms with E-state index in [-0.39, 0.29) is 17.5 Å². The lowest BCUT2D eigenvalue weighted by molar-refractivity contribution is -0.148. The molecule has 1 saturated heterocycles. The summed E-state index contributed by atoms with van der Waals surface area (Å²) in [6.07, 6.45) is 4.47. The average molecular weight is 327 g/mol. The minimum Gasteiger partial charge on any atom is -0.465 e. The van der Waals surface area contributed by atoms with Crippen molar-refractivity contribution in [1.82, 2.24) is 4.90 Å². The molecule has 0 N–H and O–H groups in total. The van der Waals surface area contributed by atoms with E-state index in [2.05, 4.69) is 0 Å². The van der Waals surface area contributed by atoms with Crippen LogP contribution in [0.3, 0.4) is 0 Å². The van der Waals surface area contributed by atoms with E-state index in [1.807, 2.05) is 0 Å². The fourth-order valence-electron chi connectivity index (χ4n) is 2.10. The number of nitrogens with zero attached hydrogens (tertiary/aromatic N) is 1. The van der Waals surface area contributed by atoms with Crippen LogP contribution in [0.15, 0.2) is 28.9 Å². The van der Waals surface area contributed by atoms with Crippen molar-refractivity contribution in [2.45, 2.75) is 12.5 Å². The van der Waals surface area contributed by atoms with Gasteiger partial charge in [0.15, 0.2) is 16.4 Å². The van der Waals surface area contributed by atoms with Gasteiger partial charge in [-0.2, -0.15) is 0 Å². The van der Waals surface area contributed by atoms with Crippen LogP contribution in [0, 0.1) is 0 Å². The molecule has 8 heteroatoms. The number of rotatable bonds is 5. The van der Waals surface area contributed by atoms with Crippen LogP contribution in [0.4, 0.5) is 0 Å². The highest BCUT2D eigenvalue weighted by molar-refractivity contribution is 7.91. The Kier molecular flexibility index (Phi) is 5.02. The lowest BCUT2D eigenvalue weighted by Gasteiger charge is -2.22. The fourth-order valence-corrected chi connectivity index (χ4v) is 3.88. The van der Waals surface area contributed by atoms with Gasteiger partial charge >= 0.3 is 5.97 Å². The Hall–Kier alpha value is -2.09. The van der Waals surface area contributed by atoms with Crippen molar-refractivity contribution in [3.8, 4) is 0 Å². The van der Waals surface area contributed by atoms with E-state index in [4.69, 9.17) is 9.15 Å². The lowest BCUT2D eigenvalue weighted by atomic mass is 10.2. The molecule has 22 heavy (non-hydrogen) atoms. The standard InChI is InChI=1S/C14H17NO6S/c1-15(11-6-8-22(18,19)10-11)13(16)9-21-14(17)5-4-12-3-2-7-20-12/h2-5,7,11H,6,8-10H2,1H3/b5-4+/t11-/m0/s1. The van der Waals surface area contributed by atoms with Crippen LogP contribution in [0.1, 0.15) is 12.2 Å². The zero-order valence-electron chi connectivity index (χ0n) is 12.1. The third-order valence-corrected chi connectivity index (χ3v) is 5.16. The number of hydrogen-bond acceptors (Lipinski definition) is 6. The summed E-state index contributed by atoms with van der Waals surface area (Å²) >= 11 is 0. The second kappa shape index (κ2) is 6.78. The minimum absolute atomic E-state index is 0.0401. The molecule has 2 heterocycles. The number of carbonyl (C=O) groups excluding carboxylic acids is 2. The third kappa shape index (κ3) is 4.45. The number of ether oxygens (including phenoxy) is 1. The van der Waals surface area contributed by atoms with Crippen molar-refractivity contribution in [2.24, 2.45) is 0 Å². The summed E-state index contributed by atoms with van der Waals surface area (Å²) in [7, 11) is -1.55. The molecule has 120 valence electrons. The van der Waals surface area contributed by atoms with Gasteiger partial charge in [0.1, 0.15) is 5.76 Å². The van der Waals surface area contributed by atoms with Gasteiger partial charge in [-0.3, -0.25) is 4.79 Å². The molecule has 1 aromatic heterocycles. The minimum atomic E-state index is -3.06. The molecule has 1 aromatic rings. The first-order valence-electron chi connectivity index (χ1n) is 6.72. The van der Waals surface area contributed by atoms with E-state index < -0.39 is 28.3 Å². The van der Waals surface area contributed by atoms with Gasteiger partial charge in [0, 0.05) is 19.2 Å². The molecule has 1 amide bonds. The summed E-state index contributed by atoms with van der Waals surface area (Å²) in [5.41, 5.74) is 0. The Morgan fingerprint density at radius 1 is 1.50 bits per heavy atom. The molecule has 1 aliphatic rings. The van der Waals surface area contributed by atoms with Crippen LogP contribution in [-0.4, -0.2) is 56.4 Å². The second-order valence-corrected chi connectivity index (χ2v) is 7.25. The van der Waals surface area contributed by atoms with Gasteiger partial charge in [0.2, 0.25) is 0 Å². The number of hydrogen-bond donors (Lipinski definition) is 0. The predicted octanol–water partition coefficient (Wildman–Crippen LogP) is 0.482. The van der Waals surface area contributed by atoms with E-state index in [9.17, 15) is 18.0 Å². The molecule has 0 aromatic carbocycles. The van der Waals surface area contributed by atoms with Crippen molar-refractivity contribution in [2.75, 3.05) is 25.2 Å². The van der Waals surface area contributed by atoms with E-state index in [1.165, 1.54) is 24.3 Å². The summed E-state index contributed by atoms with van der Waals surface area (Å²) in [6, 6.07) is 3.00. The maximum Gasteiger partial charge on any atom is 0.331 e. The van der Waals surface area contributed by atoms with Crippen LogP contribution in [0.2, 0.25) is 0 Å². The van der Waals surface area contributed by atoms with Crippen LogP contribution in [0.5, 0.6) is 0 Å². The lowest BCUT2D eigenvalue weighted by Crippen LogP contribution is -2.40. The molecule has 1 atom stereocenters. The molecule has 0 radical (unpaired) electrons. The molecule has 0 saturated carbocycles. The van der Waals surface area contributed by atoms with E-state index in [0.717, 1.165) is 6.08 Å². The first-order chi connectivity index (χ1) is 10.4. The average Bonchev–Trinajstić information content (AvgIpc) is 3.10. The molecular formula is C14H17NO6S. The van der Waals surface area contributed by atoms with E-state index in [1.54, 1.807) is 12.1 Å². The van der Waals surface area contributed by atoms with Crippen molar-refractivity contribution in [3.05, 3.63) is 30.2 Å². The molecule has 1 fully saturated rings. The number of carbonyl (C=O) groups is 2. The monoisotopic (exact) mass is 327 g/mol. The van der Waals surface area contributed by atoms with Crippen molar-refractivity contribution in [1.29, 1.82) is 0 Å². The SMILES string of the molecule is CN(C(=O)COC(=O)/C=C/c1ccco1)[C@H]1CCS(=O)(=O)C1. The highest BCUT2D eigenvalue weighted by atomic mass is 32.2. The van der Waals surface area contributed by atoms with Crippen LogP contribution < -0.4 is 0 Å². The molecule has 0 spiro atoms. The number of likely N-dealkylation sites (N-methyl/N-ethyl adjacent to an activating group) is 1. The Labute approximate surface area is 128 Å². The Morgan fingerprint density at radius 3 is 2.86 bits per heavy atom. The van der Waals surface area contributed by atoms with Crippen LogP contribution in [0.25, 0.3) is 6.08 Å². The summed E-state index contributed by atoms with van der Waals surface area (Å²) in [6.45, 7) is -0.422. The molecule has 7 nitrogen and oxygen atoms in total. The van der Waals surface area contributed by atoms with Crippen molar-refractivity contribution in [3.63, 3.8) is 0 Å². The van der Waals surface area contributed by atoms with Gasteiger partial charge in [-0.15, -0.1) is 0 Å². The number of amides is 1. The topological polar surface area (TPSA) is 93.9 Å². The highest BCUT2D eigenvalue weighted by Crippen LogP contribution is 2.16.